The third-order valence-electron chi connectivity index (χ3n) is 3.72. The van der Waals surface area contributed by atoms with Gasteiger partial charge < -0.3 is 5.32 Å². The first-order valence-electron chi connectivity index (χ1n) is 6.79. The Balaban J connectivity index is 1.77. The molecule has 1 saturated heterocycles. The molecule has 0 atom stereocenters. The summed E-state index contributed by atoms with van der Waals surface area (Å²) in [6, 6.07) is 3.50. The predicted molar refractivity (Wildman–Crippen MR) is 77.5 cm³/mol. The van der Waals surface area contributed by atoms with Gasteiger partial charge in [-0.25, -0.2) is 0 Å². The molecule has 0 amide bonds. The van der Waals surface area contributed by atoms with Crippen LogP contribution in [0.25, 0.3) is 0 Å². The number of nitrogens with one attached hydrogen (secondary N) is 1. The molecule has 1 fully saturated rings. The summed E-state index contributed by atoms with van der Waals surface area (Å²) in [5.41, 5.74) is 0. The van der Waals surface area contributed by atoms with E-state index in [9.17, 15) is 10.1 Å². The molecule has 0 aromatic carbocycles. The topological polar surface area (TPSA) is 58.4 Å². The van der Waals surface area contributed by atoms with Gasteiger partial charge in [0, 0.05) is 17.5 Å². The lowest BCUT2D eigenvalue weighted by atomic mass is 9.93. The Labute approximate surface area is 117 Å². The van der Waals surface area contributed by atoms with Gasteiger partial charge in [-0.15, -0.1) is 0 Å². The minimum absolute atomic E-state index is 0.249. The first-order valence-corrected chi connectivity index (χ1v) is 7.60. The highest BCUT2D eigenvalue weighted by atomic mass is 32.1. The number of rotatable bonds is 6. The lowest BCUT2D eigenvalue weighted by Crippen LogP contribution is -2.33. The molecule has 2 heterocycles. The monoisotopic (exact) mass is 283 g/mol. The molecule has 0 saturated carbocycles. The smallest absolute Gasteiger partial charge is 0.320 e. The highest BCUT2D eigenvalue weighted by Crippen LogP contribution is 2.27. The van der Waals surface area contributed by atoms with Crippen molar-refractivity contribution in [1.82, 2.24) is 10.2 Å². The van der Waals surface area contributed by atoms with Crippen molar-refractivity contribution < 1.29 is 4.92 Å². The van der Waals surface area contributed by atoms with Crippen molar-refractivity contribution in [2.24, 2.45) is 5.92 Å². The van der Waals surface area contributed by atoms with Crippen LogP contribution in [0.5, 0.6) is 0 Å². The predicted octanol–water partition coefficient (Wildman–Crippen LogP) is 2.48. The van der Waals surface area contributed by atoms with Crippen LogP contribution in [-0.4, -0.2) is 36.5 Å². The Morgan fingerprint density at radius 3 is 2.79 bits per heavy atom. The number of thiophene rings is 1. The van der Waals surface area contributed by atoms with Crippen LogP contribution in [0.15, 0.2) is 12.1 Å². The molecule has 1 aliphatic rings. The van der Waals surface area contributed by atoms with E-state index in [0.717, 1.165) is 37.0 Å². The summed E-state index contributed by atoms with van der Waals surface area (Å²) in [4.78, 5) is 13.8. The van der Waals surface area contributed by atoms with Gasteiger partial charge in [0.15, 0.2) is 0 Å². The van der Waals surface area contributed by atoms with Crippen molar-refractivity contribution >= 4 is 16.3 Å². The highest BCUT2D eigenvalue weighted by Gasteiger charge is 2.20. The summed E-state index contributed by atoms with van der Waals surface area (Å²) in [6.45, 7) is 4.18. The van der Waals surface area contributed by atoms with Crippen LogP contribution in [0.2, 0.25) is 0 Å². The van der Waals surface area contributed by atoms with Crippen molar-refractivity contribution in [1.29, 1.82) is 0 Å². The Kier molecular flexibility index (Phi) is 5.30. The molecule has 0 spiro atoms. The zero-order chi connectivity index (χ0) is 13.7. The van der Waals surface area contributed by atoms with Gasteiger partial charge in [-0.05, 0) is 57.9 Å². The van der Waals surface area contributed by atoms with Crippen molar-refractivity contribution in [2.45, 2.75) is 25.8 Å². The molecule has 19 heavy (non-hydrogen) atoms. The van der Waals surface area contributed by atoms with E-state index in [2.05, 4.69) is 10.2 Å². The number of nitro groups is 1. The fraction of sp³-hybridized carbons (Fsp3) is 0.692. The first-order chi connectivity index (χ1) is 9.19. The van der Waals surface area contributed by atoms with Crippen LogP contribution < -0.4 is 5.32 Å². The summed E-state index contributed by atoms with van der Waals surface area (Å²) in [5.74, 6) is 0.835. The zero-order valence-corrected chi connectivity index (χ0v) is 12.1. The molecule has 106 valence electrons. The fourth-order valence-electron chi connectivity index (χ4n) is 2.55. The molecule has 0 radical (unpaired) electrons. The molecule has 1 aromatic rings. The summed E-state index contributed by atoms with van der Waals surface area (Å²) >= 11 is 1.30. The average Bonchev–Trinajstić information content (AvgIpc) is 2.87. The van der Waals surface area contributed by atoms with Crippen molar-refractivity contribution in [3.05, 3.63) is 27.1 Å². The third kappa shape index (κ3) is 4.26. The van der Waals surface area contributed by atoms with Crippen LogP contribution in [0.1, 0.15) is 24.1 Å². The SMILES string of the molecule is CNCCC1CCN(Cc2ccc([N+](=O)[O-])s2)CC1. The second-order valence-electron chi connectivity index (χ2n) is 5.11. The Hall–Kier alpha value is -0.980. The summed E-state index contributed by atoms with van der Waals surface area (Å²) in [7, 11) is 2.00. The maximum Gasteiger partial charge on any atom is 0.324 e. The summed E-state index contributed by atoms with van der Waals surface area (Å²) in [5, 5.41) is 14.1. The minimum atomic E-state index is -0.307. The van der Waals surface area contributed by atoms with E-state index in [0.29, 0.717) is 0 Å². The first kappa shape index (κ1) is 14.4. The molecule has 5 nitrogen and oxygen atoms in total. The van der Waals surface area contributed by atoms with Crippen LogP contribution in [0.4, 0.5) is 5.00 Å². The lowest BCUT2D eigenvalue weighted by molar-refractivity contribution is -0.380. The largest absolute Gasteiger partial charge is 0.324 e. The molecule has 0 aliphatic carbocycles. The normalized spacial score (nSPS) is 17.7. The number of nitrogens with zero attached hydrogens (tertiary/aromatic N) is 2. The molecular formula is C13H21N3O2S. The number of hydrogen-bond donors (Lipinski definition) is 1. The van der Waals surface area contributed by atoms with Crippen molar-refractivity contribution in [2.75, 3.05) is 26.7 Å². The molecule has 0 bridgehead atoms. The van der Waals surface area contributed by atoms with Gasteiger partial charge >= 0.3 is 5.00 Å². The second-order valence-corrected chi connectivity index (χ2v) is 6.26. The molecular weight excluding hydrogens is 262 g/mol. The van der Waals surface area contributed by atoms with Gasteiger partial charge in [-0.3, -0.25) is 15.0 Å². The lowest BCUT2D eigenvalue weighted by Gasteiger charge is -2.31. The van der Waals surface area contributed by atoms with E-state index in [1.165, 1.54) is 30.6 Å². The van der Waals surface area contributed by atoms with Gasteiger partial charge in [0.2, 0.25) is 0 Å². The van der Waals surface area contributed by atoms with E-state index >= 15 is 0 Å². The third-order valence-corrected chi connectivity index (χ3v) is 4.74. The van der Waals surface area contributed by atoms with E-state index in [4.69, 9.17) is 0 Å². The van der Waals surface area contributed by atoms with Crippen LogP contribution in [-0.2, 0) is 6.54 Å². The van der Waals surface area contributed by atoms with Crippen LogP contribution in [0, 0.1) is 16.0 Å². The van der Waals surface area contributed by atoms with Gasteiger partial charge in [-0.2, -0.15) is 0 Å². The maximum absolute atomic E-state index is 10.6. The van der Waals surface area contributed by atoms with E-state index in [1.807, 2.05) is 13.1 Å². The number of hydrogen-bond acceptors (Lipinski definition) is 5. The van der Waals surface area contributed by atoms with Crippen LogP contribution >= 0.6 is 11.3 Å². The fourth-order valence-corrected chi connectivity index (χ4v) is 3.41. The Morgan fingerprint density at radius 2 is 2.21 bits per heavy atom. The Morgan fingerprint density at radius 1 is 1.47 bits per heavy atom. The van der Waals surface area contributed by atoms with Crippen LogP contribution in [0.3, 0.4) is 0 Å². The minimum Gasteiger partial charge on any atom is -0.320 e. The molecule has 1 aliphatic heterocycles. The molecule has 6 heteroatoms. The molecule has 1 N–H and O–H groups in total. The summed E-state index contributed by atoms with van der Waals surface area (Å²) < 4.78 is 0. The van der Waals surface area contributed by atoms with Crippen molar-refractivity contribution in [3.8, 4) is 0 Å². The number of likely N-dealkylation sites (tertiary alicyclic amines) is 1. The standard InChI is InChI=1S/C13H21N3O2S/c1-14-7-4-11-5-8-15(9-6-11)10-12-2-3-13(19-12)16(17)18/h2-3,11,14H,4-10H2,1H3. The van der Waals surface area contributed by atoms with E-state index in [1.54, 1.807) is 6.07 Å². The average molecular weight is 283 g/mol. The molecule has 1 aromatic heterocycles. The van der Waals surface area contributed by atoms with Gasteiger partial charge in [0.05, 0.1) is 4.92 Å². The quantitative estimate of drug-likeness (QED) is 0.643. The van der Waals surface area contributed by atoms with Gasteiger partial charge in [0.1, 0.15) is 0 Å². The van der Waals surface area contributed by atoms with Gasteiger partial charge in [-0.1, -0.05) is 11.3 Å². The summed E-state index contributed by atoms with van der Waals surface area (Å²) in [6.07, 6.45) is 3.75. The van der Waals surface area contributed by atoms with E-state index < -0.39 is 0 Å². The van der Waals surface area contributed by atoms with Gasteiger partial charge in [0.25, 0.3) is 0 Å². The zero-order valence-electron chi connectivity index (χ0n) is 11.3. The molecule has 2 rings (SSSR count). The second kappa shape index (κ2) is 6.98. The van der Waals surface area contributed by atoms with Crippen molar-refractivity contribution in [3.63, 3.8) is 0 Å². The maximum atomic E-state index is 10.6. The Bertz CT molecular complexity index is 414. The number of piperidine rings is 1. The highest BCUT2D eigenvalue weighted by molar-refractivity contribution is 7.15. The molecule has 0 unspecified atom stereocenters. The van der Waals surface area contributed by atoms with E-state index in [-0.39, 0.29) is 9.92 Å².